The van der Waals surface area contributed by atoms with E-state index in [9.17, 15) is 4.79 Å². The van der Waals surface area contributed by atoms with Gasteiger partial charge >= 0.3 is 5.97 Å². The molecule has 0 radical (unpaired) electrons. The first-order chi connectivity index (χ1) is 10.1. The molecule has 1 aromatic carbocycles. The molecule has 1 atom stereocenters. The Hall–Kier alpha value is -1.69. The third kappa shape index (κ3) is 4.67. The van der Waals surface area contributed by atoms with Gasteiger partial charge in [0.2, 0.25) is 0 Å². The van der Waals surface area contributed by atoms with E-state index in [-0.39, 0.29) is 12.5 Å². The molecule has 0 spiro atoms. The Bertz CT molecular complexity index is 514. The topological polar surface area (TPSA) is 87.1 Å². The van der Waals surface area contributed by atoms with Crippen molar-refractivity contribution in [1.82, 2.24) is 5.32 Å². The molecule has 114 valence electrons. The lowest BCUT2D eigenvalue weighted by atomic mass is 9.92. The molecule has 0 bridgehead atoms. The first-order valence-electron chi connectivity index (χ1n) is 6.66. The van der Waals surface area contributed by atoms with Gasteiger partial charge in [-0.15, -0.1) is 11.8 Å². The van der Waals surface area contributed by atoms with Gasteiger partial charge in [-0.1, -0.05) is 17.2 Å². The summed E-state index contributed by atoms with van der Waals surface area (Å²) in [6.45, 7) is 4.53. The van der Waals surface area contributed by atoms with Gasteiger partial charge in [0, 0.05) is 22.9 Å². The van der Waals surface area contributed by atoms with E-state index in [1.165, 1.54) is 0 Å². The van der Waals surface area contributed by atoms with Crippen molar-refractivity contribution >= 4 is 17.7 Å². The molecule has 1 unspecified atom stereocenters. The second-order valence-corrected chi connectivity index (χ2v) is 5.33. The summed E-state index contributed by atoms with van der Waals surface area (Å²) in [6, 6.07) is 7.74. The quantitative estimate of drug-likeness (QED) is 0.200. The van der Waals surface area contributed by atoms with Crippen molar-refractivity contribution in [3.63, 3.8) is 0 Å². The average molecular weight is 308 g/mol. The van der Waals surface area contributed by atoms with Crippen LogP contribution in [-0.4, -0.2) is 31.9 Å². The number of hydrogen-bond acceptors (Lipinski definition) is 5. The molecule has 7 heteroatoms. The van der Waals surface area contributed by atoms with Crippen molar-refractivity contribution in [2.75, 3.05) is 26.0 Å². The minimum Gasteiger partial charge on any atom is -0.464 e. The van der Waals surface area contributed by atoms with Crippen LogP contribution in [0.25, 0.3) is 10.4 Å². The van der Waals surface area contributed by atoms with Crippen molar-refractivity contribution in [1.29, 1.82) is 0 Å². The maximum Gasteiger partial charge on any atom is 0.330 e. The minimum atomic E-state index is -0.960. The van der Waals surface area contributed by atoms with E-state index < -0.39 is 5.54 Å². The monoisotopic (exact) mass is 308 g/mol. The standard InChI is InChI=1S/C14H20N4O2S/c1-4-20-13(19)14(2,16-9-10-17-18-15)11-5-7-12(21-3)8-6-11/h5-8,16H,4,9-10H2,1-3H3. The predicted molar refractivity (Wildman–Crippen MR) is 84.2 cm³/mol. The third-order valence-corrected chi connectivity index (χ3v) is 3.85. The first-order valence-corrected chi connectivity index (χ1v) is 7.88. The smallest absolute Gasteiger partial charge is 0.330 e. The fourth-order valence-electron chi connectivity index (χ4n) is 1.89. The fraction of sp³-hybridized carbons (Fsp3) is 0.500. The van der Waals surface area contributed by atoms with Gasteiger partial charge in [0.05, 0.1) is 6.61 Å². The molecule has 0 aliphatic rings. The molecule has 0 amide bonds. The van der Waals surface area contributed by atoms with Crippen LogP contribution in [0.1, 0.15) is 19.4 Å². The van der Waals surface area contributed by atoms with Crippen molar-refractivity contribution in [3.8, 4) is 0 Å². The van der Waals surface area contributed by atoms with E-state index in [0.717, 1.165) is 10.5 Å². The molecule has 1 rings (SSSR count). The van der Waals surface area contributed by atoms with E-state index in [4.69, 9.17) is 10.3 Å². The van der Waals surface area contributed by atoms with Gasteiger partial charge in [-0.2, -0.15) is 0 Å². The van der Waals surface area contributed by atoms with Crippen molar-refractivity contribution in [3.05, 3.63) is 40.3 Å². The molecular formula is C14H20N4O2S. The number of nitrogens with zero attached hydrogens (tertiary/aromatic N) is 3. The number of nitrogens with one attached hydrogen (secondary N) is 1. The first kappa shape index (κ1) is 17.4. The van der Waals surface area contributed by atoms with E-state index >= 15 is 0 Å². The summed E-state index contributed by atoms with van der Waals surface area (Å²) in [5.41, 5.74) is 8.16. The lowest BCUT2D eigenvalue weighted by molar-refractivity contribution is -0.151. The van der Waals surface area contributed by atoms with E-state index in [1.807, 2.05) is 30.5 Å². The summed E-state index contributed by atoms with van der Waals surface area (Å²) >= 11 is 1.64. The number of hydrogen-bond donors (Lipinski definition) is 1. The predicted octanol–water partition coefficient (Wildman–Crippen LogP) is 3.09. The van der Waals surface area contributed by atoms with Crippen LogP contribution in [0.3, 0.4) is 0 Å². The molecule has 0 saturated carbocycles. The molecule has 0 fully saturated rings. The molecule has 0 saturated heterocycles. The highest BCUT2D eigenvalue weighted by atomic mass is 32.2. The number of thioether (sulfide) groups is 1. The van der Waals surface area contributed by atoms with Gasteiger partial charge in [0.1, 0.15) is 5.54 Å². The molecule has 1 aromatic rings. The van der Waals surface area contributed by atoms with Crippen molar-refractivity contribution < 1.29 is 9.53 Å². The maximum absolute atomic E-state index is 12.3. The van der Waals surface area contributed by atoms with Crippen LogP contribution in [0.5, 0.6) is 0 Å². The van der Waals surface area contributed by atoms with Gasteiger partial charge in [-0.25, -0.2) is 4.79 Å². The number of rotatable bonds is 8. The number of carbonyl (C=O) groups excluding carboxylic acids is 1. The van der Waals surface area contributed by atoms with Crippen LogP contribution in [0.2, 0.25) is 0 Å². The molecule has 1 N–H and O–H groups in total. The molecular weight excluding hydrogens is 288 g/mol. The second-order valence-electron chi connectivity index (χ2n) is 4.46. The highest BCUT2D eigenvalue weighted by Crippen LogP contribution is 2.25. The van der Waals surface area contributed by atoms with E-state index in [2.05, 4.69) is 15.3 Å². The molecule has 0 heterocycles. The summed E-state index contributed by atoms with van der Waals surface area (Å²) in [4.78, 5) is 16.1. The molecule has 21 heavy (non-hydrogen) atoms. The molecule has 0 aliphatic heterocycles. The molecule has 0 aromatic heterocycles. The van der Waals surface area contributed by atoms with Crippen LogP contribution in [0, 0.1) is 0 Å². The largest absolute Gasteiger partial charge is 0.464 e. The highest BCUT2D eigenvalue weighted by Gasteiger charge is 2.36. The highest BCUT2D eigenvalue weighted by molar-refractivity contribution is 7.98. The second kappa shape index (κ2) is 8.56. The van der Waals surface area contributed by atoms with Gasteiger partial charge in [0.25, 0.3) is 0 Å². The van der Waals surface area contributed by atoms with Gasteiger partial charge < -0.3 is 4.74 Å². The van der Waals surface area contributed by atoms with Gasteiger partial charge in [0.15, 0.2) is 0 Å². The van der Waals surface area contributed by atoms with Crippen LogP contribution in [0.4, 0.5) is 0 Å². The Morgan fingerprint density at radius 2 is 2.14 bits per heavy atom. The Labute approximate surface area is 128 Å². The normalized spacial score (nSPS) is 13.1. The zero-order chi connectivity index (χ0) is 15.7. The van der Waals surface area contributed by atoms with Crippen LogP contribution < -0.4 is 5.32 Å². The average Bonchev–Trinajstić information content (AvgIpc) is 2.51. The number of ether oxygens (including phenoxy) is 1. The molecule has 0 aliphatic carbocycles. The van der Waals surface area contributed by atoms with Crippen LogP contribution in [0.15, 0.2) is 34.3 Å². The summed E-state index contributed by atoms with van der Waals surface area (Å²) in [7, 11) is 0. The fourth-order valence-corrected chi connectivity index (χ4v) is 2.30. The number of esters is 1. The summed E-state index contributed by atoms with van der Waals surface area (Å²) in [6.07, 6.45) is 2.00. The third-order valence-electron chi connectivity index (χ3n) is 3.10. The summed E-state index contributed by atoms with van der Waals surface area (Å²) < 4.78 is 5.16. The number of benzene rings is 1. The zero-order valence-corrected chi connectivity index (χ0v) is 13.3. The Kier molecular flexibility index (Phi) is 7.08. The Balaban J connectivity index is 2.98. The lowest BCUT2D eigenvalue weighted by Gasteiger charge is -2.29. The number of azide groups is 1. The Morgan fingerprint density at radius 1 is 1.48 bits per heavy atom. The molecule has 6 nitrogen and oxygen atoms in total. The van der Waals surface area contributed by atoms with E-state index in [1.54, 1.807) is 25.6 Å². The van der Waals surface area contributed by atoms with Crippen LogP contribution in [-0.2, 0) is 15.1 Å². The summed E-state index contributed by atoms with van der Waals surface area (Å²) in [5.74, 6) is -0.345. The summed E-state index contributed by atoms with van der Waals surface area (Å²) in [5, 5.41) is 6.59. The van der Waals surface area contributed by atoms with Crippen LogP contribution >= 0.6 is 11.8 Å². The minimum absolute atomic E-state index is 0.272. The van der Waals surface area contributed by atoms with Crippen molar-refractivity contribution in [2.24, 2.45) is 5.11 Å². The lowest BCUT2D eigenvalue weighted by Crippen LogP contribution is -2.48. The SMILES string of the molecule is CCOC(=O)C(C)(NCCN=[N+]=[N-])c1ccc(SC)cc1. The van der Waals surface area contributed by atoms with E-state index in [0.29, 0.717) is 13.2 Å². The Morgan fingerprint density at radius 3 is 2.67 bits per heavy atom. The van der Waals surface area contributed by atoms with Gasteiger partial charge in [-0.05, 0) is 43.3 Å². The number of carbonyl (C=O) groups is 1. The maximum atomic E-state index is 12.3. The van der Waals surface area contributed by atoms with Crippen molar-refractivity contribution in [2.45, 2.75) is 24.3 Å². The zero-order valence-electron chi connectivity index (χ0n) is 12.5. The van der Waals surface area contributed by atoms with Gasteiger partial charge in [-0.3, -0.25) is 5.32 Å².